The van der Waals surface area contributed by atoms with Gasteiger partial charge >= 0.3 is 0 Å². The van der Waals surface area contributed by atoms with Crippen molar-refractivity contribution in [2.45, 2.75) is 5.03 Å². The predicted molar refractivity (Wildman–Crippen MR) is 90.3 cm³/mol. The third-order valence-electron chi connectivity index (χ3n) is 2.77. The number of anilines is 2. The Hall–Kier alpha value is -2.55. The van der Waals surface area contributed by atoms with Crippen LogP contribution in [-0.2, 0) is 4.79 Å². The van der Waals surface area contributed by atoms with Crippen molar-refractivity contribution < 1.29 is 9.78 Å². The van der Waals surface area contributed by atoms with Crippen molar-refractivity contribution in [3.05, 3.63) is 45.9 Å². The molecule has 23 heavy (non-hydrogen) atoms. The number of pyridine rings is 1. The van der Waals surface area contributed by atoms with Crippen molar-refractivity contribution in [1.29, 1.82) is 10.5 Å². The lowest BCUT2D eigenvalue weighted by Crippen LogP contribution is -2.19. The van der Waals surface area contributed by atoms with E-state index in [1.165, 1.54) is 6.07 Å². The third kappa shape index (κ3) is 4.46. The number of hydrogen-bond acceptors (Lipinski definition) is 5. The average Bonchev–Trinajstić information content (AvgIpc) is 2.53. The van der Waals surface area contributed by atoms with E-state index in [2.05, 4.69) is 26.2 Å². The van der Waals surface area contributed by atoms with Crippen molar-refractivity contribution in [3.8, 4) is 12.1 Å². The number of hydrogen-bond donors (Lipinski definition) is 2. The van der Waals surface area contributed by atoms with Gasteiger partial charge in [-0.3, -0.25) is 10.5 Å². The number of nitrogens with one attached hydrogen (secondary N) is 2. The lowest BCUT2D eigenvalue weighted by molar-refractivity contribution is -0.410. The number of nitrogens with two attached hydrogens (primary N) is 1. The molecule has 6 nitrogen and oxygen atoms in total. The Morgan fingerprint density at radius 3 is 2.70 bits per heavy atom. The first-order chi connectivity index (χ1) is 11.0. The molecule has 0 aliphatic rings. The molecule has 0 atom stereocenters. The monoisotopic (exact) mass is 388 g/mol. The van der Waals surface area contributed by atoms with Gasteiger partial charge < -0.3 is 5.32 Å². The highest BCUT2D eigenvalue weighted by Gasteiger charge is 2.16. The molecule has 1 amide bonds. The number of nitrogen functional groups attached to an aromatic ring is 1. The fraction of sp³-hybridized carbons (Fsp3) is 0.0667. The summed E-state index contributed by atoms with van der Waals surface area (Å²) < 4.78 is 0.864. The number of nitrogens with zero attached hydrogens (tertiary/aromatic N) is 2. The fourth-order valence-corrected chi connectivity index (χ4v) is 2.92. The molecule has 1 aromatic heterocycles. The van der Waals surface area contributed by atoms with Gasteiger partial charge in [-0.1, -0.05) is 33.8 Å². The van der Waals surface area contributed by atoms with Gasteiger partial charge in [-0.25, -0.2) is 4.98 Å². The summed E-state index contributed by atoms with van der Waals surface area (Å²) in [5.74, 6) is 0.0537. The Balaban J connectivity index is 2.06. The quantitative estimate of drug-likeness (QED) is 0.779. The molecule has 0 aliphatic carbocycles. The summed E-state index contributed by atoms with van der Waals surface area (Å²) in [4.78, 5) is 14.8. The summed E-state index contributed by atoms with van der Waals surface area (Å²) in [6.07, 6.45) is 0. The molecule has 0 aliphatic heterocycles. The van der Waals surface area contributed by atoms with Crippen LogP contribution in [0.25, 0.3) is 0 Å². The molecule has 0 unspecified atom stereocenters. The summed E-state index contributed by atoms with van der Waals surface area (Å²) in [6.45, 7) is 0. The number of carbonyl (C=O) groups excluding carboxylic acids is 1. The van der Waals surface area contributed by atoms with E-state index < -0.39 is 0 Å². The van der Waals surface area contributed by atoms with Crippen LogP contribution >= 0.6 is 27.7 Å². The Bertz CT molecular complexity index is 841. The average molecular weight is 389 g/mol. The van der Waals surface area contributed by atoms with E-state index in [0.29, 0.717) is 10.7 Å². The molecular formula is C15H11BrN5OS+. The number of aromatic nitrogens is 1. The standard InChI is InChI=1S/C15H10BrN5OS/c16-11-2-1-3-12(5-11)20-13(22)8-23-15-10(7-18)4-9(6-17)14(19)21-15/h1-5H,8H2,(H2,19,21)(H,20,22)/p+1. The Morgan fingerprint density at radius 1 is 1.30 bits per heavy atom. The Morgan fingerprint density at radius 2 is 2.04 bits per heavy atom. The van der Waals surface area contributed by atoms with E-state index in [4.69, 9.17) is 16.3 Å². The summed E-state index contributed by atoms with van der Waals surface area (Å²) >= 11 is 4.48. The first-order valence-electron chi connectivity index (χ1n) is 6.37. The topological polar surface area (TPSA) is 117 Å². The molecular weight excluding hydrogens is 378 g/mol. The number of carbonyl (C=O) groups is 1. The molecule has 0 spiro atoms. The number of nitriles is 2. The van der Waals surface area contributed by atoms with Gasteiger partial charge in [0.2, 0.25) is 5.91 Å². The minimum Gasteiger partial charge on any atom is -0.325 e. The van der Waals surface area contributed by atoms with Gasteiger partial charge in [-0.15, -0.1) is 0 Å². The van der Waals surface area contributed by atoms with Gasteiger partial charge in [-0.2, -0.15) is 10.5 Å². The number of rotatable bonds is 4. The number of thioether (sulfide) groups is 1. The second-order valence-electron chi connectivity index (χ2n) is 4.41. The molecule has 4 N–H and O–H groups in total. The summed E-state index contributed by atoms with van der Waals surface area (Å²) in [6, 6.07) is 12.5. The number of halogens is 1. The smallest absolute Gasteiger partial charge is 0.289 e. The first-order valence-corrected chi connectivity index (χ1v) is 8.15. The molecule has 0 saturated heterocycles. The normalized spacial score (nSPS) is 9.70. The molecule has 8 heteroatoms. The minimum absolute atomic E-state index is 0.100. The zero-order valence-corrected chi connectivity index (χ0v) is 14.2. The third-order valence-corrected chi connectivity index (χ3v) is 4.28. The molecule has 1 heterocycles. The van der Waals surface area contributed by atoms with Gasteiger partial charge in [0, 0.05) is 10.2 Å². The van der Waals surface area contributed by atoms with E-state index in [1.54, 1.807) is 12.1 Å². The fourth-order valence-electron chi connectivity index (χ4n) is 1.74. The van der Waals surface area contributed by atoms with Crippen molar-refractivity contribution in [2.75, 3.05) is 16.8 Å². The highest BCUT2D eigenvalue weighted by molar-refractivity contribution is 9.10. The molecule has 2 rings (SSSR count). The SMILES string of the molecule is N#Cc1cc(C#N)c(SCC(=O)Nc2cccc(Br)c2)[nH+]c1N. The zero-order chi connectivity index (χ0) is 16.8. The first kappa shape index (κ1) is 16.8. The van der Waals surface area contributed by atoms with Gasteiger partial charge in [-0.05, 0) is 24.3 Å². The van der Waals surface area contributed by atoms with Crippen molar-refractivity contribution in [1.82, 2.24) is 0 Å². The Kier molecular flexibility index (Phi) is 5.58. The van der Waals surface area contributed by atoms with E-state index in [1.807, 2.05) is 24.3 Å². The maximum absolute atomic E-state index is 12.0. The predicted octanol–water partition coefficient (Wildman–Crippen LogP) is 2.32. The van der Waals surface area contributed by atoms with E-state index in [0.717, 1.165) is 16.2 Å². The molecule has 1 aromatic carbocycles. The molecule has 0 saturated carbocycles. The highest BCUT2D eigenvalue weighted by Crippen LogP contribution is 2.21. The largest absolute Gasteiger partial charge is 0.325 e. The summed E-state index contributed by atoms with van der Waals surface area (Å²) in [5.41, 5.74) is 6.84. The van der Waals surface area contributed by atoms with Crippen LogP contribution in [0.4, 0.5) is 11.5 Å². The van der Waals surface area contributed by atoms with Crippen LogP contribution in [0.15, 0.2) is 39.8 Å². The maximum atomic E-state index is 12.0. The van der Waals surface area contributed by atoms with E-state index in [9.17, 15) is 4.79 Å². The Labute approximate surface area is 145 Å². The van der Waals surface area contributed by atoms with Crippen molar-refractivity contribution >= 4 is 45.1 Å². The second-order valence-corrected chi connectivity index (χ2v) is 6.31. The van der Waals surface area contributed by atoms with Gasteiger partial charge in [0.15, 0.2) is 5.03 Å². The van der Waals surface area contributed by atoms with E-state index in [-0.39, 0.29) is 28.6 Å². The van der Waals surface area contributed by atoms with Crippen LogP contribution in [0, 0.1) is 22.7 Å². The van der Waals surface area contributed by atoms with Crippen molar-refractivity contribution in [2.24, 2.45) is 0 Å². The minimum atomic E-state index is -0.215. The van der Waals surface area contributed by atoms with E-state index >= 15 is 0 Å². The van der Waals surface area contributed by atoms with Crippen LogP contribution in [0.2, 0.25) is 0 Å². The zero-order valence-electron chi connectivity index (χ0n) is 11.8. The molecule has 114 valence electrons. The van der Waals surface area contributed by atoms with Crippen molar-refractivity contribution in [3.63, 3.8) is 0 Å². The second kappa shape index (κ2) is 7.63. The lowest BCUT2D eigenvalue weighted by atomic mass is 10.2. The van der Waals surface area contributed by atoms with Gasteiger partial charge in [0.1, 0.15) is 23.3 Å². The number of aromatic amines is 1. The molecule has 0 fully saturated rings. The molecule has 2 aromatic rings. The van der Waals surface area contributed by atoms with Gasteiger partial charge in [0.25, 0.3) is 5.82 Å². The van der Waals surface area contributed by atoms with Crippen LogP contribution in [-0.4, -0.2) is 11.7 Å². The highest BCUT2D eigenvalue weighted by atomic mass is 79.9. The summed E-state index contributed by atoms with van der Waals surface area (Å²) in [7, 11) is 0. The molecule has 0 radical (unpaired) electrons. The van der Waals surface area contributed by atoms with Crippen LogP contribution in [0.3, 0.4) is 0 Å². The lowest BCUT2D eigenvalue weighted by Gasteiger charge is -2.05. The molecule has 0 bridgehead atoms. The maximum Gasteiger partial charge on any atom is 0.289 e. The van der Waals surface area contributed by atoms with Crippen LogP contribution < -0.4 is 16.0 Å². The van der Waals surface area contributed by atoms with Crippen LogP contribution in [0.5, 0.6) is 0 Å². The number of amides is 1. The van der Waals surface area contributed by atoms with Crippen LogP contribution in [0.1, 0.15) is 11.1 Å². The van der Waals surface area contributed by atoms with Gasteiger partial charge in [0.05, 0.1) is 5.75 Å². The summed E-state index contributed by atoms with van der Waals surface area (Å²) in [5, 5.41) is 21.2. The number of H-pyrrole nitrogens is 1. The number of benzene rings is 1.